The molecule has 2 rings (SSSR count). The van der Waals surface area contributed by atoms with Gasteiger partial charge in [0.25, 0.3) is 0 Å². The molecule has 1 aliphatic heterocycles. The molecular weight excluding hydrogens is 200 g/mol. The van der Waals surface area contributed by atoms with E-state index < -0.39 is 0 Å². The number of ether oxygens (including phenoxy) is 1. The molecule has 0 aromatic carbocycles. The molecule has 3 heteroatoms. The standard InChI is InChI=1S/C13H20N2O/c1-3-11-13(10-4-7-14-8-5-10)12(16-2)6-9-15-11/h6,9-10,14H,3-5,7-8H2,1-2H3. The van der Waals surface area contributed by atoms with Crippen molar-refractivity contribution >= 4 is 0 Å². The average molecular weight is 220 g/mol. The summed E-state index contributed by atoms with van der Waals surface area (Å²) in [5.74, 6) is 1.62. The number of pyridine rings is 1. The van der Waals surface area contributed by atoms with Gasteiger partial charge >= 0.3 is 0 Å². The molecule has 0 amide bonds. The predicted octanol–water partition coefficient (Wildman–Crippen LogP) is 2.12. The number of hydrogen-bond acceptors (Lipinski definition) is 3. The molecule has 0 unspecified atom stereocenters. The van der Waals surface area contributed by atoms with Crippen LogP contribution < -0.4 is 10.1 Å². The summed E-state index contributed by atoms with van der Waals surface area (Å²) in [5.41, 5.74) is 2.54. The number of hydrogen-bond donors (Lipinski definition) is 1. The zero-order valence-electron chi connectivity index (χ0n) is 10.1. The van der Waals surface area contributed by atoms with Crippen LogP contribution in [0.4, 0.5) is 0 Å². The lowest BCUT2D eigenvalue weighted by Crippen LogP contribution is -2.27. The normalized spacial score (nSPS) is 17.4. The average Bonchev–Trinajstić information content (AvgIpc) is 2.38. The first-order valence-electron chi connectivity index (χ1n) is 6.09. The molecule has 1 aromatic rings. The van der Waals surface area contributed by atoms with Gasteiger partial charge in [0.05, 0.1) is 7.11 Å². The maximum absolute atomic E-state index is 5.48. The fourth-order valence-corrected chi connectivity index (χ4v) is 2.50. The zero-order valence-corrected chi connectivity index (χ0v) is 10.1. The Hall–Kier alpha value is -1.09. The zero-order chi connectivity index (χ0) is 11.4. The third kappa shape index (κ3) is 2.19. The highest BCUT2D eigenvalue weighted by atomic mass is 16.5. The van der Waals surface area contributed by atoms with Gasteiger partial charge in [-0.3, -0.25) is 4.98 Å². The van der Waals surface area contributed by atoms with Crippen LogP contribution in [0.15, 0.2) is 12.3 Å². The molecule has 0 bridgehead atoms. The largest absolute Gasteiger partial charge is 0.496 e. The topological polar surface area (TPSA) is 34.1 Å². The van der Waals surface area contributed by atoms with Crippen molar-refractivity contribution < 1.29 is 4.74 Å². The van der Waals surface area contributed by atoms with Crippen molar-refractivity contribution in [2.24, 2.45) is 0 Å². The van der Waals surface area contributed by atoms with Crippen LogP contribution in [0.1, 0.15) is 36.9 Å². The summed E-state index contributed by atoms with van der Waals surface area (Å²) in [4.78, 5) is 4.48. The van der Waals surface area contributed by atoms with E-state index >= 15 is 0 Å². The Morgan fingerprint density at radius 2 is 2.19 bits per heavy atom. The summed E-state index contributed by atoms with van der Waals surface area (Å²) < 4.78 is 5.48. The summed E-state index contributed by atoms with van der Waals surface area (Å²) in [6.07, 6.45) is 5.21. The van der Waals surface area contributed by atoms with E-state index in [0.29, 0.717) is 5.92 Å². The molecule has 0 spiro atoms. The van der Waals surface area contributed by atoms with Gasteiger partial charge in [0.15, 0.2) is 0 Å². The first kappa shape index (κ1) is 11.4. The van der Waals surface area contributed by atoms with E-state index in [4.69, 9.17) is 4.74 Å². The summed E-state index contributed by atoms with van der Waals surface area (Å²) in [5, 5.41) is 3.40. The molecule has 16 heavy (non-hydrogen) atoms. The van der Waals surface area contributed by atoms with Gasteiger partial charge in [0.1, 0.15) is 5.75 Å². The molecule has 0 radical (unpaired) electrons. The van der Waals surface area contributed by atoms with Gasteiger partial charge in [0.2, 0.25) is 0 Å². The number of piperidine rings is 1. The van der Waals surface area contributed by atoms with Crippen molar-refractivity contribution in [1.29, 1.82) is 0 Å². The van der Waals surface area contributed by atoms with Gasteiger partial charge in [-0.05, 0) is 44.3 Å². The van der Waals surface area contributed by atoms with Gasteiger partial charge < -0.3 is 10.1 Å². The molecule has 1 aliphatic rings. The lowest BCUT2D eigenvalue weighted by Gasteiger charge is -2.26. The lowest BCUT2D eigenvalue weighted by atomic mass is 9.88. The summed E-state index contributed by atoms with van der Waals surface area (Å²) >= 11 is 0. The van der Waals surface area contributed by atoms with Crippen molar-refractivity contribution in [3.8, 4) is 5.75 Å². The molecular formula is C13H20N2O. The molecule has 0 aliphatic carbocycles. The smallest absolute Gasteiger partial charge is 0.125 e. The van der Waals surface area contributed by atoms with E-state index in [9.17, 15) is 0 Å². The van der Waals surface area contributed by atoms with Crippen molar-refractivity contribution in [3.05, 3.63) is 23.5 Å². The summed E-state index contributed by atoms with van der Waals surface area (Å²) in [6.45, 7) is 4.37. The van der Waals surface area contributed by atoms with Gasteiger partial charge in [-0.15, -0.1) is 0 Å². The van der Waals surface area contributed by atoms with E-state index in [1.165, 1.54) is 24.1 Å². The Labute approximate surface area is 97.2 Å². The highest BCUT2D eigenvalue weighted by Crippen LogP contribution is 2.34. The van der Waals surface area contributed by atoms with Gasteiger partial charge in [0, 0.05) is 17.5 Å². The van der Waals surface area contributed by atoms with Crippen molar-refractivity contribution in [2.75, 3.05) is 20.2 Å². The fourth-order valence-electron chi connectivity index (χ4n) is 2.50. The Kier molecular flexibility index (Phi) is 3.78. The van der Waals surface area contributed by atoms with Crippen LogP contribution in [0.2, 0.25) is 0 Å². The number of aromatic nitrogens is 1. The SMILES string of the molecule is CCc1nccc(OC)c1C1CCNCC1. The number of aryl methyl sites for hydroxylation is 1. The van der Waals surface area contributed by atoms with Crippen molar-refractivity contribution in [1.82, 2.24) is 10.3 Å². The summed E-state index contributed by atoms with van der Waals surface area (Å²) in [7, 11) is 1.75. The van der Waals surface area contributed by atoms with Crippen molar-refractivity contribution in [3.63, 3.8) is 0 Å². The second kappa shape index (κ2) is 5.30. The van der Waals surface area contributed by atoms with E-state index in [0.717, 1.165) is 25.3 Å². The highest BCUT2D eigenvalue weighted by Gasteiger charge is 2.21. The van der Waals surface area contributed by atoms with Gasteiger partial charge in [-0.1, -0.05) is 6.92 Å². The highest BCUT2D eigenvalue weighted by molar-refractivity contribution is 5.39. The lowest BCUT2D eigenvalue weighted by molar-refractivity contribution is 0.388. The number of nitrogens with one attached hydrogen (secondary N) is 1. The van der Waals surface area contributed by atoms with Crippen LogP contribution in [0.5, 0.6) is 5.75 Å². The van der Waals surface area contributed by atoms with Crippen LogP contribution >= 0.6 is 0 Å². The maximum Gasteiger partial charge on any atom is 0.125 e. The number of nitrogens with zero attached hydrogens (tertiary/aromatic N) is 1. The molecule has 3 nitrogen and oxygen atoms in total. The molecule has 1 N–H and O–H groups in total. The first-order chi connectivity index (χ1) is 7.86. The van der Waals surface area contributed by atoms with Crippen LogP contribution in [-0.4, -0.2) is 25.2 Å². The molecule has 1 saturated heterocycles. The second-order valence-electron chi connectivity index (χ2n) is 4.25. The Morgan fingerprint density at radius 3 is 2.81 bits per heavy atom. The van der Waals surface area contributed by atoms with E-state index in [1.54, 1.807) is 7.11 Å². The molecule has 2 heterocycles. The minimum Gasteiger partial charge on any atom is -0.496 e. The van der Waals surface area contributed by atoms with Crippen LogP contribution in [0, 0.1) is 0 Å². The molecule has 0 atom stereocenters. The maximum atomic E-state index is 5.48. The van der Waals surface area contributed by atoms with Crippen molar-refractivity contribution in [2.45, 2.75) is 32.1 Å². The van der Waals surface area contributed by atoms with Crippen LogP contribution in [-0.2, 0) is 6.42 Å². The van der Waals surface area contributed by atoms with Gasteiger partial charge in [-0.2, -0.15) is 0 Å². The second-order valence-corrected chi connectivity index (χ2v) is 4.25. The van der Waals surface area contributed by atoms with Gasteiger partial charge in [-0.25, -0.2) is 0 Å². The molecule has 0 saturated carbocycles. The third-order valence-corrected chi connectivity index (χ3v) is 3.33. The quantitative estimate of drug-likeness (QED) is 0.847. The monoisotopic (exact) mass is 220 g/mol. The number of rotatable bonds is 3. The number of methoxy groups -OCH3 is 1. The molecule has 88 valence electrons. The van der Waals surface area contributed by atoms with E-state index in [2.05, 4.69) is 17.2 Å². The molecule has 1 fully saturated rings. The van der Waals surface area contributed by atoms with E-state index in [1.807, 2.05) is 12.3 Å². The summed E-state index contributed by atoms with van der Waals surface area (Å²) in [6, 6.07) is 1.98. The van der Waals surface area contributed by atoms with Crippen LogP contribution in [0.3, 0.4) is 0 Å². The Balaban J connectivity index is 2.34. The van der Waals surface area contributed by atoms with Crippen LogP contribution in [0.25, 0.3) is 0 Å². The molecule has 1 aromatic heterocycles. The predicted molar refractivity (Wildman–Crippen MR) is 65.0 cm³/mol. The Bertz CT molecular complexity index is 324. The minimum atomic E-state index is 0.611. The first-order valence-corrected chi connectivity index (χ1v) is 6.09. The Morgan fingerprint density at radius 1 is 1.44 bits per heavy atom. The minimum absolute atomic E-state index is 0.611. The van der Waals surface area contributed by atoms with E-state index in [-0.39, 0.29) is 0 Å². The fraction of sp³-hybridized carbons (Fsp3) is 0.615. The third-order valence-electron chi connectivity index (χ3n) is 3.33.